The zero-order chi connectivity index (χ0) is 21.5. The fraction of sp³-hybridized carbons (Fsp3) is 0.667. The monoisotopic (exact) mass is 439 g/mol. The molecule has 0 aromatic heterocycles. The maximum absolute atomic E-state index is 12.9. The quantitative estimate of drug-likeness (QED) is 0.560. The van der Waals surface area contributed by atoms with Crippen LogP contribution in [0.5, 0.6) is 11.5 Å². The Morgan fingerprint density at radius 1 is 1.37 bits per heavy atom. The van der Waals surface area contributed by atoms with Gasteiger partial charge in [0.1, 0.15) is 11.6 Å². The van der Waals surface area contributed by atoms with E-state index in [9.17, 15) is 15.0 Å². The Morgan fingerprint density at radius 3 is 2.89 bits per heavy atom. The van der Waals surface area contributed by atoms with E-state index in [-0.39, 0.29) is 41.0 Å². The molecular weight excluding hydrogens is 410 g/mol. The number of Topliss-reactive ketones (excluding diaryl/α,β-unsaturated/α-hetero) is 1. The highest BCUT2D eigenvalue weighted by Crippen LogP contribution is 2.65. The molecule has 2 bridgehead atoms. The zero-order valence-corrected chi connectivity index (χ0v) is 16.8. The summed E-state index contributed by atoms with van der Waals surface area (Å²) >= 11 is 0. The number of halogens is 1. The normalized spacial score (nSPS) is 49.5. The van der Waals surface area contributed by atoms with E-state index >= 15 is 0 Å². The third-order valence-electron chi connectivity index (χ3n) is 7.85. The summed E-state index contributed by atoms with van der Waals surface area (Å²) in [7, 11) is 1.99. The molecule has 1 aromatic rings. The Morgan fingerprint density at radius 2 is 2.15 bits per heavy atom. The van der Waals surface area contributed by atoms with Crippen LogP contribution in [0.3, 0.4) is 0 Å². The minimum atomic E-state index is -1.86. The van der Waals surface area contributed by atoms with Crippen molar-refractivity contribution in [3.63, 3.8) is 0 Å². The maximum Gasteiger partial charge on any atom is 0.174 e. The number of hydrogen-bond acceptors (Lipinski definition) is 4. The molecule has 2 heterocycles. The van der Waals surface area contributed by atoms with Gasteiger partial charge in [0.2, 0.25) is 0 Å². The third-order valence-corrected chi connectivity index (χ3v) is 7.85. The molecule has 5 aliphatic rings. The van der Waals surface area contributed by atoms with Crippen LogP contribution in [0, 0.1) is 5.92 Å². The average Bonchev–Trinajstić information content (AvgIpc) is 2.95. The van der Waals surface area contributed by atoms with Gasteiger partial charge in [-0.05, 0) is 30.8 Å². The van der Waals surface area contributed by atoms with E-state index in [1.807, 2.05) is 13.1 Å². The first kappa shape index (κ1) is 14.0. The molecule has 1 saturated heterocycles. The summed E-state index contributed by atoms with van der Waals surface area (Å²) in [6.07, 6.45) is -3.01. The van der Waals surface area contributed by atoms with Crippen LogP contribution < -0.4 is 21.7 Å². The first-order valence-electron chi connectivity index (χ1n) is 11.5. The number of phenolic OH excluding ortho intramolecular Hbond substituents is 1. The van der Waals surface area contributed by atoms with Crippen molar-refractivity contribution >= 4 is 5.78 Å². The summed E-state index contributed by atoms with van der Waals surface area (Å²) in [6.45, 7) is 0.903. The van der Waals surface area contributed by atoms with Crippen LogP contribution in [0.25, 0.3) is 0 Å². The van der Waals surface area contributed by atoms with E-state index in [1.54, 1.807) is 6.07 Å². The van der Waals surface area contributed by atoms with E-state index in [4.69, 9.17) is 10.2 Å². The molecule has 5 nitrogen and oxygen atoms in total. The first-order valence-corrected chi connectivity index (χ1v) is 9.51. The van der Waals surface area contributed by atoms with E-state index in [2.05, 4.69) is 0 Å². The van der Waals surface area contributed by atoms with Gasteiger partial charge in [-0.15, -0.1) is 0 Å². The number of ether oxygens (including phenoxy) is 1. The van der Waals surface area contributed by atoms with Crippen LogP contribution in [0.15, 0.2) is 12.1 Å². The lowest BCUT2D eigenvalue weighted by Crippen LogP contribution is -3.00. The standard InChI is InChI=1S/C21H25NO4.BrH/c1-22(11-12-2-3-12)9-8-20-17-13-4-5-14(23)18(17)26-19(20)15(24)6-7-21(20,25)16(22)10-13;/h4-5,12,16,19,25H,2-3,6-11H2,1H3;1H/t16-,19+,20+,21-,22?;/m1./s1/i2D2,3D2;. The Bertz CT molecular complexity index is 1010. The van der Waals surface area contributed by atoms with Gasteiger partial charge < -0.3 is 36.4 Å². The lowest BCUT2D eigenvalue weighted by Gasteiger charge is -2.64. The number of likely N-dealkylation sites (N-methyl/N-ethyl adjacent to an activating group) is 1. The maximum atomic E-state index is 12.9. The second kappa shape index (κ2) is 5.28. The van der Waals surface area contributed by atoms with Crippen molar-refractivity contribution in [2.45, 2.75) is 61.6 Å². The fourth-order valence-corrected chi connectivity index (χ4v) is 6.62. The average molecular weight is 440 g/mol. The molecule has 1 spiro atoms. The molecule has 6 rings (SSSR count). The number of aliphatic hydroxyl groups is 1. The van der Waals surface area contributed by atoms with Crippen molar-refractivity contribution < 1.29 is 46.7 Å². The van der Waals surface area contributed by atoms with Crippen molar-refractivity contribution in [2.75, 3.05) is 20.1 Å². The third kappa shape index (κ3) is 1.94. The first-order chi connectivity index (χ1) is 13.9. The summed E-state index contributed by atoms with van der Waals surface area (Å²) in [5.74, 6) is -0.443. The molecule has 3 aliphatic carbocycles. The largest absolute Gasteiger partial charge is 1.00 e. The number of aromatic hydroxyl groups is 1. The predicted octanol–water partition coefficient (Wildman–Crippen LogP) is -1.33. The summed E-state index contributed by atoms with van der Waals surface area (Å²) < 4.78 is 38.6. The number of piperidine rings is 1. The van der Waals surface area contributed by atoms with Crippen LogP contribution in [0.4, 0.5) is 0 Å². The number of hydrogen-bond donors (Lipinski definition) is 2. The van der Waals surface area contributed by atoms with Crippen molar-refractivity contribution in [2.24, 2.45) is 5.92 Å². The summed E-state index contributed by atoms with van der Waals surface area (Å²) in [5, 5.41) is 22.6. The van der Waals surface area contributed by atoms with Gasteiger partial charge in [0.15, 0.2) is 23.4 Å². The second-order valence-corrected chi connectivity index (χ2v) is 9.00. The van der Waals surface area contributed by atoms with Crippen molar-refractivity contribution in [1.29, 1.82) is 0 Å². The van der Waals surface area contributed by atoms with Gasteiger partial charge in [-0.3, -0.25) is 4.79 Å². The Hall–Kier alpha value is -1.11. The lowest BCUT2D eigenvalue weighted by molar-refractivity contribution is -0.950. The number of carbonyl (C=O) groups excluding carboxylic acids is 1. The van der Waals surface area contributed by atoms with E-state index in [1.165, 1.54) is 0 Å². The zero-order valence-electron chi connectivity index (χ0n) is 19.2. The molecule has 2 N–H and O–H groups in total. The van der Waals surface area contributed by atoms with Crippen molar-refractivity contribution in [3.05, 3.63) is 23.3 Å². The number of likely N-dealkylation sites (tertiary alicyclic amines) is 1. The molecule has 2 aliphatic heterocycles. The van der Waals surface area contributed by atoms with Gasteiger partial charge in [-0.1, -0.05) is 6.07 Å². The second-order valence-electron chi connectivity index (χ2n) is 9.00. The van der Waals surface area contributed by atoms with Gasteiger partial charge >= 0.3 is 0 Å². The van der Waals surface area contributed by atoms with Crippen LogP contribution in [0.1, 0.15) is 48.6 Å². The highest BCUT2D eigenvalue weighted by atomic mass is 79.9. The molecular formula is C21H26BrNO4. The molecule has 1 unspecified atom stereocenters. The van der Waals surface area contributed by atoms with Gasteiger partial charge in [0, 0.05) is 36.2 Å². The Labute approximate surface area is 175 Å². The van der Waals surface area contributed by atoms with Crippen molar-refractivity contribution in [3.8, 4) is 11.5 Å². The minimum Gasteiger partial charge on any atom is -1.00 e. The Balaban J connectivity index is 0.00000204. The Kier molecular flexibility index (Phi) is 2.73. The molecule has 0 amide bonds. The summed E-state index contributed by atoms with van der Waals surface area (Å²) in [6, 6.07) is 3.13. The van der Waals surface area contributed by atoms with Crippen LogP contribution >= 0.6 is 0 Å². The molecule has 6 heteroatoms. The molecule has 0 radical (unpaired) electrons. The van der Waals surface area contributed by atoms with Crippen LogP contribution in [-0.2, 0) is 16.6 Å². The van der Waals surface area contributed by atoms with Gasteiger partial charge in [-0.2, -0.15) is 0 Å². The molecule has 3 fully saturated rings. The van der Waals surface area contributed by atoms with Gasteiger partial charge in [0.25, 0.3) is 0 Å². The highest BCUT2D eigenvalue weighted by molar-refractivity contribution is 5.90. The van der Waals surface area contributed by atoms with E-state index < -0.39 is 35.8 Å². The predicted molar refractivity (Wildman–Crippen MR) is 94.1 cm³/mol. The number of benzene rings is 1. The lowest BCUT2D eigenvalue weighted by atomic mass is 9.48. The molecule has 27 heavy (non-hydrogen) atoms. The van der Waals surface area contributed by atoms with E-state index in [0.717, 1.165) is 11.1 Å². The van der Waals surface area contributed by atoms with Gasteiger partial charge in [0.05, 0.1) is 25.6 Å². The topological polar surface area (TPSA) is 66.8 Å². The molecule has 146 valence electrons. The van der Waals surface area contributed by atoms with Gasteiger partial charge in [-0.25, -0.2) is 0 Å². The number of phenols is 1. The minimum absolute atomic E-state index is 0. The summed E-state index contributed by atoms with van der Waals surface area (Å²) in [5.41, 5.74) is -0.379. The number of carbonyl (C=O) groups is 1. The highest BCUT2D eigenvalue weighted by Gasteiger charge is 2.76. The van der Waals surface area contributed by atoms with E-state index in [0.29, 0.717) is 42.6 Å². The van der Waals surface area contributed by atoms with Crippen molar-refractivity contribution in [1.82, 2.24) is 0 Å². The molecule has 1 aromatic carbocycles. The number of nitrogens with zero attached hydrogens (tertiary/aromatic N) is 1. The SMILES string of the molecule is [2H]C1([2H])C(C[N+]2(C)CC[C@]34c5c6ccc(O)c5O[C@H]3C(=O)CC[C@@]4(O)[C@H]2C6)C1([2H])[2H].[Br-]. The number of rotatable bonds is 2. The number of ketones is 1. The van der Waals surface area contributed by atoms with Crippen LogP contribution in [-0.4, -0.2) is 58.4 Å². The molecule has 5 atom stereocenters. The fourth-order valence-electron chi connectivity index (χ4n) is 6.62. The summed E-state index contributed by atoms with van der Waals surface area (Å²) in [4.78, 5) is 12.9. The smallest absolute Gasteiger partial charge is 0.174 e. The molecule has 2 saturated carbocycles. The van der Waals surface area contributed by atoms with Crippen LogP contribution in [0.2, 0.25) is 0 Å². The number of quaternary nitrogens is 1.